The first-order valence-electron chi connectivity index (χ1n) is 3.91. The first-order chi connectivity index (χ1) is 5.34. The minimum Gasteiger partial charge on any atom is -0.465 e. The van der Waals surface area contributed by atoms with E-state index in [1.807, 2.05) is 20.8 Å². The van der Waals surface area contributed by atoms with Crippen molar-refractivity contribution in [3.63, 3.8) is 0 Å². The van der Waals surface area contributed by atoms with Gasteiger partial charge in [-0.15, -0.1) is 0 Å². The quantitative estimate of drug-likeness (QED) is 0.545. The summed E-state index contributed by atoms with van der Waals surface area (Å²) in [6.07, 6.45) is 0.567. The van der Waals surface area contributed by atoms with Crippen LogP contribution in [0.2, 0.25) is 0 Å². The van der Waals surface area contributed by atoms with Crippen molar-refractivity contribution in [1.82, 2.24) is 0 Å². The molecule has 0 spiro atoms. The Bertz CT molecular complexity index is 149. The van der Waals surface area contributed by atoms with Gasteiger partial charge < -0.3 is 9.63 Å². The van der Waals surface area contributed by atoms with E-state index in [1.54, 1.807) is 6.66 Å². The van der Waals surface area contributed by atoms with Gasteiger partial charge in [0.1, 0.15) is 0 Å². The number of hydrogen-bond donors (Lipinski definition) is 1. The second-order valence-corrected chi connectivity index (χ2v) is 5.53. The summed E-state index contributed by atoms with van der Waals surface area (Å²) in [5, 5.41) is 0. The molecule has 4 heteroatoms. The molecule has 72 valence electrons. The maximum absolute atomic E-state index is 11.1. The smallest absolute Gasteiger partial charge is 0.311 e. The van der Waals surface area contributed by atoms with E-state index in [-0.39, 0.29) is 5.97 Å². The monoisotopic (exact) mass is 192 g/mol. The molecule has 1 unspecified atom stereocenters. The number of esters is 1. The summed E-state index contributed by atoms with van der Waals surface area (Å²) in [4.78, 5) is 20.1. The largest absolute Gasteiger partial charge is 0.465 e. The van der Waals surface area contributed by atoms with Crippen molar-refractivity contribution in [2.75, 3.05) is 19.4 Å². The third kappa shape index (κ3) is 5.50. The molecule has 0 aromatic rings. The van der Waals surface area contributed by atoms with Crippen molar-refractivity contribution < 1.29 is 14.4 Å². The van der Waals surface area contributed by atoms with Gasteiger partial charge in [0.05, 0.1) is 12.0 Å². The summed E-state index contributed by atoms with van der Waals surface area (Å²) < 4.78 is 4.93. The fourth-order valence-electron chi connectivity index (χ4n) is 0.487. The minimum atomic E-state index is -0.944. The first kappa shape index (κ1) is 11.9. The van der Waals surface area contributed by atoms with Gasteiger partial charge in [-0.25, -0.2) is 0 Å². The van der Waals surface area contributed by atoms with Crippen molar-refractivity contribution in [2.24, 2.45) is 5.41 Å². The lowest BCUT2D eigenvalue weighted by Crippen LogP contribution is -2.23. The summed E-state index contributed by atoms with van der Waals surface area (Å²) in [6, 6.07) is 0. The predicted octanol–water partition coefficient (Wildman–Crippen LogP) is 1.59. The summed E-state index contributed by atoms with van der Waals surface area (Å²) >= 11 is 0. The highest BCUT2D eigenvalue weighted by molar-refractivity contribution is 7.50. The van der Waals surface area contributed by atoms with Crippen LogP contribution in [0.4, 0.5) is 0 Å². The van der Waals surface area contributed by atoms with Crippen LogP contribution in [0.15, 0.2) is 0 Å². The lowest BCUT2D eigenvalue weighted by molar-refractivity contribution is -0.152. The van der Waals surface area contributed by atoms with Crippen molar-refractivity contribution in [3.05, 3.63) is 0 Å². The summed E-state index contributed by atoms with van der Waals surface area (Å²) in [5.74, 6) is -0.209. The number of rotatable bonds is 3. The van der Waals surface area contributed by atoms with Crippen molar-refractivity contribution >= 4 is 14.1 Å². The molecule has 1 atom stereocenters. The Morgan fingerprint density at radius 3 is 2.33 bits per heavy atom. The molecule has 0 bridgehead atoms. The van der Waals surface area contributed by atoms with Crippen LogP contribution in [-0.2, 0) is 9.53 Å². The normalized spacial score (nSPS) is 14.1. The number of hydrogen-bond acceptors (Lipinski definition) is 3. The van der Waals surface area contributed by atoms with E-state index in [2.05, 4.69) is 0 Å². The third-order valence-electron chi connectivity index (χ3n) is 1.26. The first-order valence-corrected chi connectivity index (χ1v) is 5.84. The van der Waals surface area contributed by atoms with Gasteiger partial charge in [-0.1, -0.05) is 0 Å². The number of ether oxygens (including phenoxy) is 1. The Kier molecular flexibility index (Phi) is 4.73. The lowest BCUT2D eigenvalue weighted by atomic mass is 9.97. The molecule has 0 saturated carbocycles. The molecule has 0 saturated heterocycles. The van der Waals surface area contributed by atoms with Crippen LogP contribution in [0, 0.1) is 5.41 Å². The van der Waals surface area contributed by atoms with E-state index in [1.165, 1.54) is 0 Å². The van der Waals surface area contributed by atoms with Crippen molar-refractivity contribution in [1.29, 1.82) is 0 Å². The number of carbonyl (C=O) groups is 1. The topological polar surface area (TPSA) is 46.5 Å². The standard InChI is InChI=1S/C8H17O3P/c1-8(2,3)7(9)11-5-6-12(4)10/h10H,5-6H2,1-4H3. The molecule has 0 rings (SSSR count). The third-order valence-corrected chi connectivity index (χ3v) is 2.09. The van der Waals surface area contributed by atoms with Crippen LogP contribution in [0.5, 0.6) is 0 Å². The second-order valence-electron chi connectivity index (χ2n) is 3.77. The summed E-state index contributed by atoms with van der Waals surface area (Å²) in [5.41, 5.74) is -0.439. The fourth-order valence-corrected chi connectivity index (χ4v) is 0.842. The Morgan fingerprint density at radius 2 is 2.00 bits per heavy atom. The van der Waals surface area contributed by atoms with Crippen molar-refractivity contribution in [2.45, 2.75) is 20.8 Å². The Hall–Kier alpha value is -0.140. The van der Waals surface area contributed by atoms with Gasteiger partial charge in [0, 0.05) is 14.3 Å². The maximum atomic E-state index is 11.1. The highest BCUT2D eigenvalue weighted by atomic mass is 31.1. The molecule has 0 aromatic carbocycles. The van der Waals surface area contributed by atoms with Gasteiger partial charge in [-0.2, -0.15) is 0 Å². The molecule has 0 fully saturated rings. The lowest BCUT2D eigenvalue weighted by Gasteiger charge is -2.16. The molecule has 12 heavy (non-hydrogen) atoms. The summed E-state index contributed by atoms with van der Waals surface area (Å²) in [6.45, 7) is 7.49. The zero-order valence-electron chi connectivity index (χ0n) is 8.13. The molecule has 0 heterocycles. The van der Waals surface area contributed by atoms with Gasteiger partial charge in [0.2, 0.25) is 0 Å². The Balaban J connectivity index is 3.59. The number of carbonyl (C=O) groups excluding carboxylic acids is 1. The molecular weight excluding hydrogens is 175 g/mol. The van der Waals surface area contributed by atoms with Gasteiger partial charge in [0.25, 0.3) is 0 Å². The highest BCUT2D eigenvalue weighted by Gasteiger charge is 2.22. The zero-order valence-corrected chi connectivity index (χ0v) is 9.02. The zero-order chi connectivity index (χ0) is 9.78. The molecule has 0 radical (unpaired) electrons. The van der Waals surface area contributed by atoms with Crippen LogP contribution >= 0.6 is 8.15 Å². The minimum absolute atomic E-state index is 0.209. The predicted molar refractivity (Wildman–Crippen MR) is 50.3 cm³/mol. The second kappa shape index (κ2) is 4.78. The molecule has 0 aromatic heterocycles. The molecule has 0 aliphatic heterocycles. The van der Waals surface area contributed by atoms with Crippen molar-refractivity contribution in [3.8, 4) is 0 Å². The molecule has 1 N–H and O–H groups in total. The van der Waals surface area contributed by atoms with E-state index in [0.717, 1.165) is 0 Å². The van der Waals surface area contributed by atoms with Crippen LogP contribution in [0.25, 0.3) is 0 Å². The van der Waals surface area contributed by atoms with Crippen LogP contribution in [0.1, 0.15) is 20.8 Å². The molecule has 3 nitrogen and oxygen atoms in total. The maximum Gasteiger partial charge on any atom is 0.311 e. The summed E-state index contributed by atoms with van der Waals surface area (Å²) in [7, 11) is -0.944. The van der Waals surface area contributed by atoms with E-state index >= 15 is 0 Å². The van der Waals surface area contributed by atoms with Gasteiger partial charge in [-0.3, -0.25) is 4.79 Å². The van der Waals surface area contributed by atoms with E-state index < -0.39 is 13.6 Å². The molecule has 0 aliphatic rings. The molecular formula is C8H17O3P. The van der Waals surface area contributed by atoms with E-state index in [4.69, 9.17) is 9.63 Å². The average molecular weight is 192 g/mol. The molecule has 0 aliphatic carbocycles. The van der Waals surface area contributed by atoms with Gasteiger partial charge >= 0.3 is 5.97 Å². The highest BCUT2D eigenvalue weighted by Crippen LogP contribution is 2.23. The van der Waals surface area contributed by atoms with Crippen LogP contribution in [0.3, 0.4) is 0 Å². The Labute approximate surface area is 74.9 Å². The van der Waals surface area contributed by atoms with Gasteiger partial charge in [0.15, 0.2) is 0 Å². The fraction of sp³-hybridized carbons (Fsp3) is 0.875. The van der Waals surface area contributed by atoms with E-state index in [0.29, 0.717) is 12.8 Å². The van der Waals surface area contributed by atoms with Gasteiger partial charge in [-0.05, 0) is 27.4 Å². The SMILES string of the molecule is CP(O)CCOC(=O)C(C)(C)C. The molecule has 0 amide bonds. The van der Waals surface area contributed by atoms with Crippen LogP contribution in [-0.4, -0.2) is 30.3 Å². The van der Waals surface area contributed by atoms with Crippen LogP contribution < -0.4 is 0 Å². The van der Waals surface area contributed by atoms with E-state index in [9.17, 15) is 4.79 Å². The Morgan fingerprint density at radius 1 is 1.50 bits per heavy atom. The average Bonchev–Trinajstić information content (AvgIpc) is 1.84.